The van der Waals surface area contributed by atoms with Crippen LogP contribution in [0.3, 0.4) is 0 Å². The number of amides is 1. The van der Waals surface area contributed by atoms with Crippen molar-refractivity contribution in [3.05, 3.63) is 0 Å². The van der Waals surface area contributed by atoms with Gasteiger partial charge >= 0.3 is 5.97 Å². The molecule has 2 N–H and O–H groups in total. The first kappa shape index (κ1) is 16.9. The molecule has 1 aliphatic carbocycles. The Hall–Kier alpha value is -1.14. The van der Waals surface area contributed by atoms with Crippen LogP contribution in [-0.4, -0.2) is 61.3 Å². The van der Waals surface area contributed by atoms with E-state index in [1.807, 2.05) is 7.05 Å². The van der Waals surface area contributed by atoms with E-state index < -0.39 is 5.97 Å². The van der Waals surface area contributed by atoms with Gasteiger partial charge in [-0.3, -0.25) is 9.59 Å². The van der Waals surface area contributed by atoms with E-state index in [1.165, 1.54) is 11.3 Å². The molecule has 0 radical (unpaired) electrons. The lowest BCUT2D eigenvalue weighted by molar-refractivity contribution is -0.145. The number of hydrogen-bond acceptors (Lipinski definition) is 4. The summed E-state index contributed by atoms with van der Waals surface area (Å²) in [5, 5.41) is 12.2. The molecule has 0 aromatic carbocycles. The molecular weight excluding hydrogens is 260 g/mol. The largest absolute Gasteiger partial charge is 0.480 e. The third-order valence-electron chi connectivity index (χ3n) is 4.07. The Bertz CT molecular complexity index is 327. The number of ether oxygens (including phenoxy) is 1. The number of carboxylic acids is 1. The van der Waals surface area contributed by atoms with Crippen molar-refractivity contribution < 1.29 is 19.4 Å². The number of carbonyl (C=O) groups is 2. The molecule has 0 aromatic heterocycles. The highest BCUT2D eigenvalue weighted by Crippen LogP contribution is 2.31. The highest BCUT2D eigenvalue weighted by Gasteiger charge is 2.34. The third kappa shape index (κ3) is 5.09. The third-order valence-corrected chi connectivity index (χ3v) is 4.07. The fourth-order valence-corrected chi connectivity index (χ4v) is 2.80. The predicted octanol–water partition coefficient (Wildman–Crippen LogP) is 0.858. The zero-order valence-electron chi connectivity index (χ0n) is 12.5. The summed E-state index contributed by atoms with van der Waals surface area (Å²) in [6.45, 7) is 0.412. The van der Waals surface area contributed by atoms with Gasteiger partial charge in [-0.25, -0.2) is 0 Å². The Labute approximate surface area is 120 Å². The molecule has 0 aliphatic heterocycles. The number of methoxy groups -OCH3 is 1. The van der Waals surface area contributed by atoms with Crippen molar-refractivity contribution in [1.29, 1.82) is 0 Å². The molecule has 6 nitrogen and oxygen atoms in total. The number of rotatable bonds is 8. The van der Waals surface area contributed by atoms with Gasteiger partial charge in [-0.05, 0) is 19.9 Å². The van der Waals surface area contributed by atoms with Crippen molar-refractivity contribution in [2.75, 3.05) is 33.9 Å². The lowest BCUT2D eigenvalue weighted by Gasteiger charge is -2.38. The van der Waals surface area contributed by atoms with Crippen LogP contribution in [-0.2, 0) is 14.3 Å². The van der Waals surface area contributed by atoms with Crippen molar-refractivity contribution in [1.82, 2.24) is 10.2 Å². The fourth-order valence-electron chi connectivity index (χ4n) is 2.80. The molecule has 1 rings (SSSR count). The van der Waals surface area contributed by atoms with Crippen LogP contribution in [0.4, 0.5) is 0 Å². The molecule has 6 heteroatoms. The maximum Gasteiger partial charge on any atom is 0.323 e. The lowest BCUT2D eigenvalue weighted by atomic mass is 9.79. The van der Waals surface area contributed by atoms with Gasteiger partial charge in [0.25, 0.3) is 0 Å². The second kappa shape index (κ2) is 8.21. The molecule has 0 spiro atoms. The number of nitrogens with zero attached hydrogens (tertiary/aromatic N) is 1. The second-order valence-electron chi connectivity index (χ2n) is 5.47. The fraction of sp³-hybridized carbons (Fsp3) is 0.857. The molecule has 0 aromatic rings. The average molecular weight is 286 g/mol. The van der Waals surface area contributed by atoms with Crippen LogP contribution in [0.25, 0.3) is 0 Å². The molecule has 0 saturated heterocycles. The Morgan fingerprint density at radius 1 is 1.30 bits per heavy atom. The van der Waals surface area contributed by atoms with E-state index in [1.54, 1.807) is 7.11 Å². The average Bonchev–Trinajstić information content (AvgIpc) is 2.44. The Morgan fingerprint density at radius 3 is 2.45 bits per heavy atom. The van der Waals surface area contributed by atoms with Crippen LogP contribution in [0.5, 0.6) is 0 Å². The van der Waals surface area contributed by atoms with Crippen molar-refractivity contribution in [3.8, 4) is 0 Å². The molecule has 20 heavy (non-hydrogen) atoms. The summed E-state index contributed by atoms with van der Waals surface area (Å²) in [6.07, 6.45) is 5.75. The SMILES string of the molecule is CNC1(CC(=O)N(CCOC)CC(=O)O)CCCCC1. The first-order valence-electron chi connectivity index (χ1n) is 7.20. The maximum absolute atomic E-state index is 12.4. The van der Waals surface area contributed by atoms with E-state index in [0.29, 0.717) is 19.6 Å². The minimum Gasteiger partial charge on any atom is -0.480 e. The summed E-state index contributed by atoms with van der Waals surface area (Å²) in [6, 6.07) is 0. The van der Waals surface area contributed by atoms with Crippen LogP contribution < -0.4 is 5.32 Å². The van der Waals surface area contributed by atoms with E-state index in [4.69, 9.17) is 9.84 Å². The number of aliphatic carboxylic acids is 1. The van der Waals surface area contributed by atoms with Gasteiger partial charge in [0.15, 0.2) is 0 Å². The molecule has 0 bridgehead atoms. The van der Waals surface area contributed by atoms with Crippen LogP contribution >= 0.6 is 0 Å². The lowest BCUT2D eigenvalue weighted by Crippen LogP contribution is -2.50. The van der Waals surface area contributed by atoms with Gasteiger partial charge in [0.05, 0.1) is 6.61 Å². The zero-order chi connectivity index (χ0) is 15.0. The molecule has 0 heterocycles. The number of hydrogen-bond donors (Lipinski definition) is 2. The summed E-state index contributed by atoms with van der Waals surface area (Å²) in [7, 11) is 3.43. The maximum atomic E-state index is 12.4. The highest BCUT2D eigenvalue weighted by molar-refractivity contribution is 5.82. The predicted molar refractivity (Wildman–Crippen MR) is 75.6 cm³/mol. The quantitative estimate of drug-likeness (QED) is 0.692. The molecule has 0 unspecified atom stereocenters. The number of carboxylic acid groups (broad SMARTS) is 1. The van der Waals surface area contributed by atoms with E-state index >= 15 is 0 Å². The molecule has 1 fully saturated rings. The van der Waals surface area contributed by atoms with Crippen molar-refractivity contribution in [2.45, 2.75) is 44.1 Å². The van der Waals surface area contributed by atoms with Crippen molar-refractivity contribution in [3.63, 3.8) is 0 Å². The Morgan fingerprint density at radius 2 is 1.95 bits per heavy atom. The molecule has 116 valence electrons. The smallest absolute Gasteiger partial charge is 0.323 e. The molecule has 1 aliphatic rings. The van der Waals surface area contributed by atoms with Crippen LogP contribution in [0, 0.1) is 0 Å². The van der Waals surface area contributed by atoms with Crippen molar-refractivity contribution in [2.24, 2.45) is 0 Å². The summed E-state index contributed by atoms with van der Waals surface area (Å²) in [5.74, 6) is -1.10. The minimum absolute atomic E-state index is 0.110. The van der Waals surface area contributed by atoms with Gasteiger partial charge in [0.2, 0.25) is 5.91 Å². The summed E-state index contributed by atoms with van der Waals surface area (Å²) in [5.41, 5.74) is -0.168. The highest BCUT2D eigenvalue weighted by atomic mass is 16.5. The van der Waals surface area contributed by atoms with Gasteiger partial charge in [-0.15, -0.1) is 0 Å². The van der Waals surface area contributed by atoms with Crippen LogP contribution in [0.2, 0.25) is 0 Å². The van der Waals surface area contributed by atoms with Gasteiger partial charge in [-0.1, -0.05) is 19.3 Å². The normalized spacial score (nSPS) is 17.7. The molecule has 1 saturated carbocycles. The zero-order valence-corrected chi connectivity index (χ0v) is 12.5. The molecular formula is C14H26N2O4. The van der Waals surface area contributed by atoms with Crippen LogP contribution in [0.1, 0.15) is 38.5 Å². The first-order chi connectivity index (χ1) is 9.53. The first-order valence-corrected chi connectivity index (χ1v) is 7.20. The second-order valence-corrected chi connectivity index (χ2v) is 5.47. The number of nitrogens with one attached hydrogen (secondary N) is 1. The van der Waals surface area contributed by atoms with E-state index in [-0.39, 0.29) is 18.0 Å². The summed E-state index contributed by atoms with van der Waals surface area (Å²) in [4.78, 5) is 24.6. The van der Waals surface area contributed by atoms with Gasteiger partial charge < -0.3 is 20.1 Å². The Balaban J connectivity index is 2.64. The van der Waals surface area contributed by atoms with Gasteiger partial charge in [0, 0.05) is 25.6 Å². The van der Waals surface area contributed by atoms with E-state index in [9.17, 15) is 9.59 Å². The van der Waals surface area contributed by atoms with E-state index in [0.717, 1.165) is 25.7 Å². The molecule has 0 atom stereocenters. The Kier molecular flexibility index (Phi) is 6.95. The molecule has 1 amide bonds. The van der Waals surface area contributed by atoms with Crippen LogP contribution in [0.15, 0.2) is 0 Å². The standard InChI is InChI=1S/C14H26N2O4/c1-15-14(6-4-3-5-7-14)10-12(17)16(8-9-20-2)11-13(18)19/h15H,3-11H2,1-2H3,(H,18,19). The van der Waals surface area contributed by atoms with Gasteiger partial charge in [0.1, 0.15) is 6.54 Å². The van der Waals surface area contributed by atoms with E-state index in [2.05, 4.69) is 5.32 Å². The minimum atomic E-state index is -0.989. The van der Waals surface area contributed by atoms with Gasteiger partial charge in [-0.2, -0.15) is 0 Å². The topological polar surface area (TPSA) is 78.9 Å². The van der Waals surface area contributed by atoms with Crippen molar-refractivity contribution >= 4 is 11.9 Å². The number of carbonyl (C=O) groups excluding carboxylic acids is 1. The monoisotopic (exact) mass is 286 g/mol. The summed E-state index contributed by atoms with van der Waals surface area (Å²) < 4.78 is 4.94. The summed E-state index contributed by atoms with van der Waals surface area (Å²) >= 11 is 0.